The minimum Gasteiger partial charge on any atom is -0.299 e. The lowest BCUT2D eigenvalue weighted by Crippen LogP contribution is -1.80. The molecule has 0 aromatic carbocycles. The zero-order chi connectivity index (χ0) is 11.2. The van der Waals surface area contributed by atoms with Crippen LogP contribution in [0, 0.1) is 0 Å². The summed E-state index contributed by atoms with van der Waals surface area (Å²) in [6.07, 6.45) is 17.8. The first-order valence-electron chi connectivity index (χ1n) is 6.52. The lowest BCUT2D eigenvalue weighted by atomic mass is 10.1. The Morgan fingerprint density at radius 1 is 0.800 bits per heavy atom. The molecule has 0 N–H and O–H groups in total. The molecule has 0 aromatic heterocycles. The van der Waals surface area contributed by atoms with Gasteiger partial charge in [-0.1, -0.05) is 64.4 Å². The van der Waals surface area contributed by atoms with E-state index in [1.54, 1.807) is 6.08 Å². The van der Waals surface area contributed by atoms with Crippen LogP contribution in [0.1, 0.15) is 71.1 Å². The van der Waals surface area contributed by atoms with Crippen molar-refractivity contribution >= 4 is 6.29 Å². The molecular weight excluding hydrogens is 184 g/mol. The highest BCUT2D eigenvalue weighted by molar-refractivity contribution is 5.64. The van der Waals surface area contributed by atoms with Crippen LogP contribution in [0.5, 0.6) is 0 Å². The van der Waals surface area contributed by atoms with Crippen LogP contribution >= 0.6 is 0 Å². The molecule has 15 heavy (non-hydrogen) atoms. The fourth-order valence-corrected chi connectivity index (χ4v) is 1.72. The smallest absolute Gasteiger partial charge is 0.142 e. The Bertz CT molecular complexity index is 149. The SMILES string of the molecule is CCCCCCCCCCCC=CC=O. The van der Waals surface area contributed by atoms with Crippen LogP contribution in [0.15, 0.2) is 12.2 Å². The molecule has 0 saturated heterocycles. The summed E-state index contributed by atoms with van der Waals surface area (Å²) in [5.41, 5.74) is 0. The molecule has 0 aliphatic heterocycles. The summed E-state index contributed by atoms with van der Waals surface area (Å²) in [6, 6.07) is 0. The van der Waals surface area contributed by atoms with E-state index in [2.05, 4.69) is 6.92 Å². The van der Waals surface area contributed by atoms with E-state index in [1.165, 1.54) is 57.8 Å². The lowest BCUT2D eigenvalue weighted by Gasteiger charge is -2.00. The zero-order valence-electron chi connectivity index (χ0n) is 10.2. The number of aldehydes is 1. The summed E-state index contributed by atoms with van der Waals surface area (Å²) in [7, 11) is 0. The van der Waals surface area contributed by atoms with Crippen LogP contribution in [-0.4, -0.2) is 6.29 Å². The molecule has 0 aliphatic carbocycles. The molecule has 0 bridgehead atoms. The molecule has 0 fully saturated rings. The lowest BCUT2D eigenvalue weighted by molar-refractivity contribution is -0.104. The molecule has 1 nitrogen and oxygen atoms in total. The van der Waals surface area contributed by atoms with Crippen LogP contribution in [0.4, 0.5) is 0 Å². The average Bonchev–Trinajstić information content (AvgIpc) is 2.26. The molecule has 1 heteroatoms. The van der Waals surface area contributed by atoms with E-state index in [1.807, 2.05) is 6.08 Å². The number of carbonyl (C=O) groups is 1. The van der Waals surface area contributed by atoms with E-state index >= 15 is 0 Å². The Balaban J connectivity index is 2.92. The first kappa shape index (κ1) is 14.4. The van der Waals surface area contributed by atoms with Crippen molar-refractivity contribution in [3.05, 3.63) is 12.2 Å². The predicted molar refractivity (Wildman–Crippen MR) is 67.0 cm³/mol. The van der Waals surface area contributed by atoms with Gasteiger partial charge in [0.25, 0.3) is 0 Å². The van der Waals surface area contributed by atoms with E-state index in [0.29, 0.717) is 0 Å². The van der Waals surface area contributed by atoms with Crippen LogP contribution < -0.4 is 0 Å². The molecule has 0 spiro atoms. The Morgan fingerprint density at radius 3 is 1.87 bits per heavy atom. The molecule has 0 unspecified atom stereocenters. The van der Waals surface area contributed by atoms with E-state index in [-0.39, 0.29) is 0 Å². The van der Waals surface area contributed by atoms with Gasteiger partial charge in [0.05, 0.1) is 0 Å². The minimum atomic E-state index is 0.855. The largest absolute Gasteiger partial charge is 0.299 e. The molecule has 88 valence electrons. The second kappa shape index (κ2) is 13.4. The Hall–Kier alpha value is -0.590. The third-order valence-electron chi connectivity index (χ3n) is 2.69. The fourth-order valence-electron chi connectivity index (χ4n) is 1.72. The van der Waals surface area contributed by atoms with E-state index in [0.717, 1.165) is 12.7 Å². The van der Waals surface area contributed by atoms with Gasteiger partial charge in [0.15, 0.2) is 0 Å². The van der Waals surface area contributed by atoms with Crippen molar-refractivity contribution in [2.75, 3.05) is 0 Å². The summed E-state index contributed by atoms with van der Waals surface area (Å²) in [5, 5.41) is 0. The fraction of sp³-hybridized carbons (Fsp3) is 0.786. The zero-order valence-corrected chi connectivity index (χ0v) is 10.2. The number of rotatable bonds is 11. The Morgan fingerprint density at radius 2 is 1.33 bits per heavy atom. The number of carbonyl (C=O) groups excluding carboxylic acids is 1. The molecule has 0 rings (SSSR count). The molecule has 0 saturated carbocycles. The van der Waals surface area contributed by atoms with Gasteiger partial charge in [-0.05, 0) is 18.9 Å². The number of unbranched alkanes of at least 4 members (excludes halogenated alkanes) is 9. The summed E-state index contributed by atoms with van der Waals surface area (Å²) in [6.45, 7) is 2.26. The van der Waals surface area contributed by atoms with Crippen molar-refractivity contribution in [3.8, 4) is 0 Å². The highest BCUT2D eigenvalue weighted by Gasteiger charge is 1.90. The van der Waals surface area contributed by atoms with Gasteiger partial charge >= 0.3 is 0 Å². The summed E-state index contributed by atoms with van der Waals surface area (Å²) < 4.78 is 0. The van der Waals surface area contributed by atoms with E-state index in [4.69, 9.17) is 0 Å². The monoisotopic (exact) mass is 210 g/mol. The molecular formula is C14H26O. The maximum atomic E-state index is 9.98. The molecule has 0 heterocycles. The van der Waals surface area contributed by atoms with Crippen molar-refractivity contribution in [1.82, 2.24) is 0 Å². The maximum absolute atomic E-state index is 9.98. The van der Waals surface area contributed by atoms with Gasteiger partial charge in [0.2, 0.25) is 0 Å². The second-order valence-electron chi connectivity index (χ2n) is 4.18. The molecule has 0 atom stereocenters. The second-order valence-corrected chi connectivity index (χ2v) is 4.18. The van der Waals surface area contributed by atoms with E-state index in [9.17, 15) is 4.79 Å². The maximum Gasteiger partial charge on any atom is 0.142 e. The van der Waals surface area contributed by atoms with Crippen LogP contribution in [0.2, 0.25) is 0 Å². The van der Waals surface area contributed by atoms with Crippen LogP contribution in [0.25, 0.3) is 0 Å². The van der Waals surface area contributed by atoms with Crippen molar-refractivity contribution in [3.63, 3.8) is 0 Å². The highest BCUT2D eigenvalue weighted by atomic mass is 16.1. The molecule has 0 aliphatic rings. The third-order valence-corrected chi connectivity index (χ3v) is 2.69. The van der Waals surface area contributed by atoms with Crippen molar-refractivity contribution < 1.29 is 4.79 Å². The molecule has 0 amide bonds. The highest BCUT2D eigenvalue weighted by Crippen LogP contribution is 2.10. The normalized spacial score (nSPS) is 11.0. The van der Waals surface area contributed by atoms with Crippen molar-refractivity contribution in [2.45, 2.75) is 71.1 Å². The van der Waals surface area contributed by atoms with Gasteiger partial charge in [-0.3, -0.25) is 4.79 Å². The average molecular weight is 210 g/mol. The third kappa shape index (κ3) is 13.4. The van der Waals surface area contributed by atoms with Gasteiger partial charge in [-0.2, -0.15) is 0 Å². The van der Waals surface area contributed by atoms with Gasteiger partial charge in [0, 0.05) is 0 Å². The predicted octanol–water partition coefficient (Wildman–Crippen LogP) is 4.66. The summed E-state index contributed by atoms with van der Waals surface area (Å²) >= 11 is 0. The van der Waals surface area contributed by atoms with E-state index < -0.39 is 0 Å². The van der Waals surface area contributed by atoms with Crippen molar-refractivity contribution in [2.24, 2.45) is 0 Å². The first-order chi connectivity index (χ1) is 7.41. The van der Waals surface area contributed by atoms with Crippen LogP contribution in [-0.2, 0) is 4.79 Å². The standard InChI is InChI=1S/C14H26O/c1-2-3-4-5-6-7-8-9-10-11-12-13-14-15/h12-14H,2-11H2,1H3. The van der Waals surface area contributed by atoms with Gasteiger partial charge in [0.1, 0.15) is 6.29 Å². The number of allylic oxidation sites excluding steroid dienone is 2. The van der Waals surface area contributed by atoms with Crippen molar-refractivity contribution in [1.29, 1.82) is 0 Å². The van der Waals surface area contributed by atoms with Gasteiger partial charge < -0.3 is 0 Å². The molecule has 0 radical (unpaired) electrons. The van der Waals surface area contributed by atoms with Gasteiger partial charge in [-0.25, -0.2) is 0 Å². The topological polar surface area (TPSA) is 17.1 Å². The van der Waals surface area contributed by atoms with Gasteiger partial charge in [-0.15, -0.1) is 0 Å². The number of hydrogen-bond donors (Lipinski definition) is 0. The minimum absolute atomic E-state index is 0.855. The molecule has 0 aromatic rings. The summed E-state index contributed by atoms with van der Waals surface area (Å²) in [4.78, 5) is 9.98. The van der Waals surface area contributed by atoms with Crippen LogP contribution in [0.3, 0.4) is 0 Å². The number of hydrogen-bond acceptors (Lipinski definition) is 1. The first-order valence-corrected chi connectivity index (χ1v) is 6.52. The Kier molecular flexibility index (Phi) is 12.9. The Labute approximate surface area is 95.0 Å². The summed E-state index contributed by atoms with van der Waals surface area (Å²) in [5.74, 6) is 0. The quantitative estimate of drug-likeness (QED) is 0.275.